The van der Waals surface area contributed by atoms with E-state index in [1.54, 1.807) is 30.4 Å². The lowest BCUT2D eigenvalue weighted by atomic mass is 10.0. The summed E-state index contributed by atoms with van der Waals surface area (Å²) in [6.45, 7) is 2.59. The summed E-state index contributed by atoms with van der Waals surface area (Å²) >= 11 is 0. The van der Waals surface area contributed by atoms with Gasteiger partial charge in [-0.25, -0.2) is 4.98 Å². The lowest BCUT2D eigenvalue weighted by molar-refractivity contribution is 0.103. The van der Waals surface area contributed by atoms with Crippen LogP contribution in [0.2, 0.25) is 0 Å². The number of aryl methyl sites for hydroxylation is 1. The maximum Gasteiger partial charge on any atom is 0.259 e. The Morgan fingerprint density at radius 3 is 2.96 bits per heavy atom. The zero-order valence-electron chi connectivity index (χ0n) is 13.4. The number of ether oxygens (including phenoxy) is 1. The molecule has 0 fully saturated rings. The third-order valence-electron chi connectivity index (χ3n) is 3.77. The number of H-pyrrole nitrogens is 1. The number of aromatic amines is 1. The molecule has 0 aromatic carbocycles. The van der Waals surface area contributed by atoms with Crippen LogP contribution in [0.1, 0.15) is 6.92 Å². The molecule has 3 rings (SSSR count). The molecule has 0 saturated heterocycles. The largest absolute Gasteiger partial charge is 0.380 e. The Labute approximate surface area is 133 Å². The second-order valence-corrected chi connectivity index (χ2v) is 5.45. The van der Waals surface area contributed by atoms with Gasteiger partial charge in [-0.15, -0.1) is 0 Å². The van der Waals surface area contributed by atoms with E-state index in [0.29, 0.717) is 17.9 Å². The third-order valence-corrected chi connectivity index (χ3v) is 3.77. The maximum absolute atomic E-state index is 12.5. The van der Waals surface area contributed by atoms with Crippen molar-refractivity contribution in [3.8, 4) is 22.5 Å². The third kappa shape index (κ3) is 2.95. The Bertz CT molecular complexity index is 861. The van der Waals surface area contributed by atoms with Crippen molar-refractivity contribution < 1.29 is 4.74 Å². The molecule has 0 radical (unpaired) electrons. The minimum atomic E-state index is -0.177. The Morgan fingerprint density at radius 1 is 1.43 bits per heavy atom. The van der Waals surface area contributed by atoms with Crippen molar-refractivity contribution in [3.63, 3.8) is 0 Å². The van der Waals surface area contributed by atoms with Crippen LogP contribution in [0.3, 0.4) is 0 Å². The molecule has 0 aliphatic rings. The average Bonchev–Trinajstić information content (AvgIpc) is 3.16. The van der Waals surface area contributed by atoms with E-state index in [9.17, 15) is 4.79 Å². The first kappa shape index (κ1) is 15.2. The fraction of sp³-hybridized carbons (Fsp3) is 0.312. The molecule has 7 nitrogen and oxygen atoms in total. The highest BCUT2D eigenvalue weighted by atomic mass is 16.5. The molecule has 1 atom stereocenters. The van der Waals surface area contributed by atoms with E-state index in [-0.39, 0.29) is 11.7 Å². The second-order valence-electron chi connectivity index (χ2n) is 5.45. The highest BCUT2D eigenvalue weighted by Gasteiger charge is 2.18. The van der Waals surface area contributed by atoms with Crippen LogP contribution in [-0.4, -0.2) is 37.5 Å². The van der Waals surface area contributed by atoms with Crippen molar-refractivity contribution in [3.05, 3.63) is 47.4 Å². The van der Waals surface area contributed by atoms with Gasteiger partial charge < -0.3 is 14.3 Å². The van der Waals surface area contributed by atoms with Crippen molar-refractivity contribution in [1.82, 2.24) is 24.3 Å². The Morgan fingerprint density at radius 2 is 2.26 bits per heavy atom. The number of methoxy groups -OCH3 is 1. The molecule has 0 spiro atoms. The fourth-order valence-electron chi connectivity index (χ4n) is 2.54. The van der Waals surface area contributed by atoms with Crippen LogP contribution < -0.4 is 5.56 Å². The maximum atomic E-state index is 12.5. The zero-order valence-corrected chi connectivity index (χ0v) is 13.4. The van der Waals surface area contributed by atoms with E-state index in [2.05, 4.69) is 15.1 Å². The molecule has 120 valence electrons. The lowest BCUT2D eigenvalue weighted by Crippen LogP contribution is -2.18. The quantitative estimate of drug-likeness (QED) is 0.777. The second kappa shape index (κ2) is 6.21. The van der Waals surface area contributed by atoms with E-state index in [1.807, 2.05) is 37.0 Å². The molecule has 0 aliphatic carbocycles. The first-order valence-corrected chi connectivity index (χ1v) is 7.35. The van der Waals surface area contributed by atoms with E-state index in [0.717, 1.165) is 11.1 Å². The molecule has 0 bridgehead atoms. The van der Waals surface area contributed by atoms with Crippen molar-refractivity contribution in [1.29, 1.82) is 0 Å². The van der Waals surface area contributed by atoms with E-state index < -0.39 is 0 Å². The zero-order chi connectivity index (χ0) is 16.4. The molecule has 23 heavy (non-hydrogen) atoms. The smallest absolute Gasteiger partial charge is 0.259 e. The molecule has 3 aromatic heterocycles. The molecular formula is C16H19N5O2. The van der Waals surface area contributed by atoms with Gasteiger partial charge in [-0.3, -0.25) is 9.48 Å². The van der Waals surface area contributed by atoms with Gasteiger partial charge in [0.2, 0.25) is 0 Å². The number of hydrogen-bond acceptors (Lipinski definition) is 4. The van der Waals surface area contributed by atoms with Crippen molar-refractivity contribution in [2.75, 3.05) is 7.11 Å². The lowest BCUT2D eigenvalue weighted by Gasteiger charge is -2.14. The summed E-state index contributed by atoms with van der Waals surface area (Å²) < 4.78 is 8.95. The SMILES string of the molecule is COC(C)Cn1ccnc1-c1c(-c2cnn(C)c2)cc[nH]c1=O. The van der Waals surface area contributed by atoms with Gasteiger partial charge in [-0.05, 0) is 13.0 Å². The number of nitrogens with one attached hydrogen (secondary N) is 1. The fourth-order valence-corrected chi connectivity index (χ4v) is 2.54. The van der Waals surface area contributed by atoms with Crippen LogP contribution in [0, 0.1) is 0 Å². The molecule has 1 unspecified atom stereocenters. The van der Waals surface area contributed by atoms with Crippen molar-refractivity contribution in [2.24, 2.45) is 7.05 Å². The summed E-state index contributed by atoms with van der Waals surface area (Å²) in [7, 11) is 3.51. The first-order valence-electron chi connectivity index (χ1n) is 7.35. The molecular weight excluding hydrogens is 294 g/mol. The van der Waals surface area contributed by atoms with Gasteiger partial charge in [0.25, 0.3) is 5.56 Å². The van der Waals surface area contributed by atoms with Crippen LogP contribution in [0.25, 0.3) is 22.5 Å². The number of pyridine rings is 1. The minimum Gasteiger partial charge on any atom is -0.380 e. The highest BCUT2D eigenvalue weighted by molar-refractivity contribution is 5.79. The standard InChI is InChI=1S/C16H19N5O2/c1-11(23-3)9-21-7-6-17-15(21)14-13(4-5-18-16(14)22)12-8-19-20(2)10-12/h4-8,10-11H,9H2,1-3H3,(H,18,22). The van der Waals surface area contributed by atoms with Crippen molar-refractivity contribution in [2.45, 2.75) is 19.6 Å². The van der Waals surface area contributed by atoms with E-state index >= 15 is 0 Å². The monoisotopic (exact) mass is 313 g/mol. The Hall–Kier alpha value is -2.67. The number of aromatic nitrogens is 5. The van der Waals surface area contributed by atoms with Gasteiger partial charge in [0.05, 0.1) is 24.4 Å². The van der Waals surface area contributed by atoms with Gasteiger partial charge in [-0.1, -0.05) is 0 Å². The predicted octanol–water partition coefficient (Wildman–Crippen LogP) is 1.67. The number of nitrogens with zero attached hydrogens (tertiary/aromatic N) is 4. The highest BCUT2D eigenvalue weighted by Crippen LogP contribution is 2.27. The number of rotatable bonds is 5. The van der Waals surface area contributed by atoms with Crippen LogP contribution in [-0.2, 0) is 18.3 Å². The first-order chi connectivity index (χ1) is 11.1. The van der Waals surface area contributed by atoms with Crippen LogP contribution in [0.5, 0.6) is 0 Å². The van der Waals surface area contributed by atoms with Gasteiger partial charge in [0, 0.05) is 50.1 Å². The van der Waals surface area contributed by atoms with Crippen molar-refractivity contribution >= 4 is 0 Å². The molecule has 0 aliphatic heterocycles. The summed E-state index contributed by atoms with van der Waals surface area (Å²) in [5, 5.41) is 4.19. The molecule has 7 heteroatoms. The summed E-state index contributed by atoms with van der Waals surface area (Å²) in [4.78, 5) is 19.6. The van der Waals surface area contributed by atoms with Gasteiger partial charge in [0.1, 0.15) is 5.82 Å². The van der Waals surface area contributed by atoms with E-state index in [4.69, 9.17) is 4.74 Å². The molecule has 0 saturated carbocycles. The van der Waals surface area contributed by atoms with Gasteiger partial charge >= 0.3 is 0 Å². The number of imidazole rings is 1. The predicted molar refractivity (Wildman–Crippen MR) is 87.0 cm³/mol. The van der Waals surface area contributed by atoms with Crippen LogP contribution >= 0.6 is 0 Å². The van der Waals surface area contributed by atoms with Gasteiger partial charge in [-0.2, -0.15) is 5.10 Å². The normalized spacial score (nSPS) is 12.5. The van der Waals surface area contributed by atoms with Crippen LogP contribution in [0.4, 0.5) is 0 Å². The summed E-state index contributed by atoms with van der Waals surface area (Å²) in [5.74, 6) is 0.620. The molecule has 3 heterocycles. The van der Waals surface area contributed by atoms with Gasteiger partial charge in [0.15, 0.2) is 0 Å². The minimum absolute atomic E-state index is 0.0209. The van der Waals surface area contributed by atoms with Crippen LogP contribution in [0.15, 0.2) is 41.8 Å². The summed E-state index contributed by atoms with van der Waals surface area (Å²) in [6.07, 6.45) is 8.82. The van der Waals surface area contributed by atoms with E-state index in [1.165, 1.54) is 0 Å². The summed E-state index contributed by atoms with van der Waals surface area (Å²) in [6, 6.07) is 1.87. The molecule has 3 aromatic rings. The Kier molecular flexibility index (Phi) is 4.12. The molecule has 0 amide bonds. The molecule has 1 N–H and O–H groups in total. The topological polar surface area (TPSA) is 77.7 Å². The number of hydrogen-bond donors (Lipinski definition) is 1. The average molecular weight is 313 g/mol. The Balaban J connectivity index is 2.14. The summed E-state index contributed by atoms with van der Waals surface area (Å²) in [5.41, 5.74) is 2.04.